The van der Waals surface area contributed by atoms with E-state index >= 15 is 0 Å². The van der Waals surface area contributed by atoms with Gasteiger partial charge in [-0.15, -0.1) is 0 Å². The molecule has 0 bridgehead atoms. The average Bonchev–Trinajstić information content (AvgIpc) is 3.88. The van der Waals surface area contributed by atoms with E-state index in [0.29, 0.717) is 0 Å². The molecule has 0 atom stereocenters. The van der Waals surface area contributed by atoms with Crippen LogP contribution in [0.3, 0.4) is 0 Å². The summed E-state index contributed by atoms with van der Waals surface area (Å²) in [5, 5.41) is 11.8. The normalized spacial score (nSPS) is 15.7. The standard InChI is InChI=1S/C66H71BN2Si/c1-61(2,3)36-19-22-50-42(27-36)45-30-39(64(10,11)12)33-48-57(45)68(50)51-23-26-54-60-56(51)67(48)49-34-40(65(13,14)15)31-46-47-32-41(66(16,17)18)35-55(59(47)69(60)58(46)49)70(54)52-24-20-37(62(4,5)6)28-43(52)44-29-38(63(7,8)9)21-25-53(44)70/h19-35H,1-18H3. The molecule has 4 aliphatic rings. The lowest BCUT2D eigenvalue weighted by atomic mass is 9.34. The Bertz CT molecular complexity index is 3820. The molecule has 0 unspecified atom stereocenters. The highest BCUT2D eigenvalue weighted by atomic mass is 28.3. The molecule has 6 heterocycles. The number of benzene rings is 7. The van der Waals surface area contributed by atoms with E-state index in [1.807, 2.05) is 0 Å². The molecule has 7 aromatic carbocycles. The largest absolute Gasteiger partial charge is 0.310 e. The molecule has 352 valence electrons. The molecule has 1 spiro atoms. The van der Waals surface area contributed by atoms with Crippen LogP contribution in [0, 0.1) is 0 Å². The van der Waals surface area contributed by atoms with Crippen LogP contribution in [0.1, 0.15) is 158 Å². The first-order valence-corrected chi connectivity index (χ1v) is 28.3. The Hall–Kier alpha value is -5.58. The van der Waals surface area contributed by atoms with Crippen LogP contribution in [-0.4, -0.2) is 23.9 Å². The number of nitrogens with zero attached hydrogens (tertiary/aromatic N) is 2. The molecular weight excluding hydrogens is 860 g/mol. The summed E-state index contributed by atoms with van der Waals surface area (Å²) in [5.74, 6) is 0. The molecular formula is C66H71BN2Si. The molecule has 0 N–H and O–H groups in total. The fourth-order valence-electron chi connectivity index (χ4n) is 13.5. The Morgan fingerprint density at radius 1 is 0.343 bits per heavy atom. The van der Waals surface area contributed by atoms with Crippen molar-refractivity contribution >= 4 is 95.5 Å². The summed E-state index contributed by atoms with van der Waals surface area (Å²) in [5.41, 5.74) is 23.9. The summed E-state index contributed by atoms with van der Waals surface area (Å²) in [7, 11) is -3.05. The van der Waals surface area contributed by atoms with Crippen molar-refractivity contribution in [3.05, 3.63) is 137 Å². The fraction of sp³-hybridized carbons (Fsp3) is 0.364. The number of hydrogen-bond acceptors (Lipinski definition) is 0. The van der Waals surface area contributed by atoms with Crippen molar-refractivity contribution in [2.24, 2.45) is 0 Å². The van der Waals surface area contributed by atoms with Crippen LogP contribution < -0.4 is 37.1 Å². The minimum atomic E-state index is -3.05. The van der Waals surface area contributed by atoms with Gasteiger partial charge in [-0.3, -0.25) is 0 Å². The number of rotatable bonds is 0. The zero-order valence-electron chi connectivity index (χ0n) is 45.3. The molecule has 0 amide bonds. The van der Waals surface area contributed by atoms with Crippen LogP contribution in [0.2, 0.25) is 0 Å². The molecule has 0 saturated heterocycles. The minimum Gasteiger partial charge on any atom is -0.310 e. The van der Waals surface area contributed by atoms with Crippen molar-refractivity contribution in [1.29, 1.82) is 0 Å². The van der Waals surface area contributed by atoms with E-state index in [-0.39, 0.29) is 39.2 Å². The third kappa shape index (κ3) is 5.53. The van der Waals surface area contributed by atoms with Crippen LogP contribution in [0.5, 0.6) is 0 Å². The van der Waals surface area contributed by atoms with Gasteiger partial charge in [0.1, 0.15) is 0 Å². The van der Waals surface area contributed by atoms with Crippen molar-refractivity contribution in [1.82, 2.24) is 9.13 Å². The lowest BCUT2D eigenvalue weighted by Crippen LogP contribution is -2.77. The smallest absolute Gasteiger partial charge is 0.252 e. The topological polar surface area (TPSA) is 9.86 Å². The van der Waals surface area contributed by atoms with Gasteiger partial charge in [-0.2, -0.15) is 0 Å². The van der Waals surface area contributed by atoms with E-state index in [1.165, 1.54) is 116 Å². The maximum absolute atomic E-state index is 3.05. The summed E-state index contributed by atoms with van der Waals surface area (Å²) in [6.07, 6.45) is 0. The Balaban J connectivity index is 1.30. The van der Waals surface area contributed by atoms with Crippen LogP contribution in [0.15, 0.2) is 103 Å². The van der Waals surface area contributed by atoms with E-state index in [2.05, 4.69) is 237 Å². The molecule has 9 aromatic rings. The Morgan fingerprint density at radius 2 is 0.743 bits per heavy atom. The molecule has 4 heteroatoms. The van der Waals surface area contributed by atoms with Crippen molar-refractivity contribution < 1.29 is 0 Å². The van der Waals surface area contributed by atoms with Crippen molar-refractivity contribution in [2.45, 2.75) is 157 Å². The molecule has 0 saturated carbocycles. The molecule has 2 nitrogen and oxygen atoms in total. The van der Waals surface area contributed by atoms with Crippen LogP contribution in [-0.2, 0) is 32.5 Å². The Morgan fingerprint density at radius 3 is 1.24 bits per heavy atom. The summed E-state index contributed by atoms with van der Waals surface area (Å²) in [4.78, 5) is 0. The molecule has 2 aromatic heterocycles. The maximum Gasteiger partial charge on any atom is 0.252 e. The lowest BCUT2D eigenvalue weighted by Gasteiger charge is -2.43. The second kappa shape index (κ2) is 13.1. The maximum atomic E-state index is 2.83. The second-order valence-corrected chi connectivity index (χ2v) is 32.0. The Labute approximate surface area is 418 Å². The molecule has 70 heavy (non-hydrogen) atoms. The van der Waals surface area contributed by atoms with E-state index in [9.17, 15) is 0 Å². The first-order valence-electron chi connectivity index (χ1n) is 26.3. The number of aromatic nitrogens is 2. The zero-order valence-corrected chi connectivity index (χ0v) is 46.3. The third-order valence-corrected chi connectivity index (χ3v) is 22.5. The monoisotopic (exact) mass is 931 g/mol. The van der Waals surface area contributed by atoms with E-state index in [1.54, 1.807) is 20.7 Å². The molecule has 0 radical (unpaired) electrons. The quantitative estimate of drug-likeness (QED) is 0.134. The average molecular weight is 931 g/mol. The van der Waals surface area contributed by atoms with Crippen molar-refractivity contribution in [3.63, 3.8) is 0 Å². The summed E-state index contributed by atoms with van der Waals surface area (Å²) < 4.78 is 5.54. The van der Waals surface area contributed by atoms with E-state index < -0.39 is 8.07 Å². The predicted octanol–water partition coefficient (Wildman–Crippen LogP) is 12.5. The highest BCUT2D eigenvalue weighted by Crippen LogP contribution is 2.46. The van der Waals surface area contributed by atoms with Crippen molar-refractivity contribution in [3.8, 4) is 22.5 Å². The number of hydrogen-bond donors (Lipinski definition) is 0. The SMILES string of the molecule is CC(C)(C)c1ccc2c(c1)-c1cc(C(C)(C)C)ccc1[Si]21c2ccc3c4c2-n2c5c(cc(C(C)(C)C)cc5c5cc(C(C)(C)C)cc1c52)B4c1cc(C(C)(C)C)cc2c4cc(C(C)(C)C)ccc4n-3c12. The van der Waals surface area contributed by atoms with Crippen LogP contribution in [0.4, 0.5) is 0 Å². The highest BCUT2D eigenvalue weighted by molar-refractivity contribution is 7.24. The Kier molecular flexibility index (Phi) is 8.29. The predicted molar refractivity (Wildman–Crippen MR) is 308 cm³/mol. The summed E-state index contributed by atoms with van der Waals surface area (Å²) >= 11 is 0. The molecule has 0 aliphatic carbocycles. The zero-order chi connectivity index (χ0) is 49.7. The first kappa shape index (κ1) is 44.4. The highest BCUT2D eigenvalue weighted by Gasteiger charge is 2.57. The van der Waals surface area contributed by atoms with Crippen molar-refractivity contribution in [2.75, 3.05) is 0 Å². The van der Waals surface area contributed by atoms with Gasteiger partial charge in [0.25, 0.3) is 6.71 Å². The van der Waals surface area contributed by atoms with Gasteiger partial charge in [0.05, 0.1) is 11.0 Å². The van der Waals surface area contributed by atoms with Crippen LogP contribution in [0.25, 0.3) is 66.1 Å². The van der Waals surface area contributed by atoms with Gasteiger partial charge in [0.15, 0.2) is 8.07 Å². The first-order chi connectivity index (χ1) is 32.5. The van der Waals surface area contributed by atoms with Gasteiger partial charge in [0, 0.05) is 44.0 Å². The van der Waals surface area contributed by atoms with Gasteiger partial charge in [-0.25, -0.2) is 0 Å². The van der Waals surface area contributed by atoms with Crippen LogP contribution >= 0.6 is 0 Å². The molecule has 13 rings (SSSR count). The second-order valence-electron chi connectivity index (χ2n) is 28.3. The third-order valence-electron chi connectivity index (χ3n) is 17.6. The lowest BCUT2D eigenvalue weighted by molar-refractivity contribution is 0.589. The van der Waals surface area contributed by atoms with E-state index in [0.717, 1.165) is 0 Å². The van der Waals surface area contributed by atoms with Gasteiger partial charge < -0.3 is 9.13 Å². The van der Waals surface area contributed by atoms with Gasteiger partial charge in [-0.1, -0.05) is 191 Å². The molecule has 0 fully saturated rings. The van der Waals surface area contributed by atoms with Gasteiger partial charge in [0.2, 0.25) is 0 Å². The van der Waals surface area contributed by atoms with E-state index in [4.69, 9.17) is 0 Å². The number of fused-ring (bicyclic) bond motifs is 14. The molecule has 4 aliphatic heterocycles. The summed E-state index contributed by atoms with van der Waals surface area (Å²) in [6.45, 7) is 43.2. The summed E-state index contributed by atoms with van der Waals surface area (Å²) in [6, 6.07) is 43.9. The van der Waals surface area contributed by atoms with Gasteiger partial charge >= 0.3 is 0 Å². The fourth-order valence-corrected chi connectivity index (χ4v) is 19.1. The minimum absolute atomic E-state index is 0.0105. The van der Waals surface area contributed by atoms with Gasteiger partial charge in [-0.05, 0) is 151 Å².